The molecule has 0 fully saturated rings. The summed E-state index contributed by atoms with van der Waals surface area (Å²) >= 11 is 0. The molecule has 0 aliphatic heterocycles. The minimum atomic E-state index is -0.197. The third-order valence-electron chi connectivity index (χ3n) is 4.26. The van der Waals surface area contributed by atoms with E-state index in [9.17, 15) is 4.79 Å². The Morgan fingerprint density at radius 1 is 1.00 bits per heavy atom. The van der Waals surface area contributed by atoms with Crippen molar-refractivity contribution in [3.8, 4) is 0 Å². The van der Waals surface area contributed by atoms with Gasteiger partial charge in [0.2, 0.25) is 0 Å². The van der Waals surface area contributed by atoms with Crippen LogP contribution in [0, 0.1) is 13.8 Å². The van der Waals surface area contributed by atoms with Gasteiger partial charge in [0.1, 0.15) is 0 Å². The molecule has 0 saturated carbocycles. The average molecular weight is 382 g/mol. The maximum absolute atomic E-state index is 11.7. The van der Waals surface area contributed by atoms with E-state index in [0.29, 0.717) is 6.54 Å². The van der Waals surface area contributed by atoms with Crippen LogP contribution in [0.25, 0.3) is 0 Å². The van der Waals surface area contributed by atoms with Gasteiger partial charge in [0, 0.05) is 31.9 Å². The summed E-state index contributed by atoms with van der Waals surface area (Å²) in [6.07, 6.45) is 0. The molecule has 0 spiro atoms. The predicted octanol–water partition coefficient (Wildman–Crippen LogP) is 3.70. The van der Waals surface area contributed by atoms with Crippen LogP contribution in [0.15, 0.2) is 47.5 Å². The fourth-order valence-electron chi connectivity index (χ4n) is 2.76. The Balaban J connectivity index is 1.83. The molecule has 0 bridgehead atoms. The molecule has 0 aliphatic rings. The Bertz CT molecular complexity index is 812. The molecule has 6 heteroatoms. The fraction of sp³-hybridized carbons (Fsp3) is 0.364. The van der Waals surface area contributed by atoms with Crippen molar-refractivity contribution in [2.75, 3.05) is 12.4 Å². The zero-order valence-corrected chi connectivity index (χ0v) is 17.4. The van der Waals surface area contributed by atoms with E-state index >= 15 is 0 Å². The molecule has 0 saturated heterocycles. The third-order valence-corrected chi connectivity index (χ3v) is 4.26. The number of hydrogen-bond acceptors (Lipinski definition) is 2. The number of benzene rings is 2. The minimum absolute atomic E-state index is 0.103. The second-order valence-corrected chi connectivity index (χ2v) is 7.16. The van der Waals surface area contributed by atoms with E-state index in [-0.39, 0.29) is 12.1 Å². The molecule has 0 radical (unpaired) electrons. The number of carbonyl (C=O) groups is 1. The lowest BCUT2D eigenvalue weighted by molar-refractivity contribution is 0.250. The van der Waals surface area contributed by atoms with Gasteiger partial charge < -0.3 is 21.3 Å². The van der Waals surface area contributed by atoms with Crippen LogP contribution in [-0.2, 0) is 13.1 Å². The molecule has 0 unspecified atom stereocenters. The van der Waals surface area contributed by atoms with E-state index in [0.717, 1.165) is 23.8 Å². The number of guanidine groups is 1. The summed E-state index contributed by atoms with van der Waals surface area (Å²) in [4.78, 5) is 16.0. The van der Waals surface area contributed by atoms with Gasteiger partial charge in [-0.05, 0) is 56.5 Å². The van der Waals surface area contributed by atoms with Crippen molar-refractivity contribution < 1.29 is 4.79 Å². The van der Waals surface area contributed by atoms with Crippen LogP contribution < -0.4 is 21.3 Å². The highest BCUT2D eigenvalue weighted by atomic mass is 16.2. The highest BCUT2D eigenvalue weighted by Gasteiger charge is 2.04. The molecule has 2 amide bonds. The molecule has 150 valence electrons. The Morgan fingerprint density at radius 2 is 1.68 bits per heavy atom. The summed E-state index contributed by atoms with van der Waals surface area (Å²) in [5, 5.41) is 12.3. The lowest BCUT2D eigenvalue weighted by Crippen LogP contribution is -2.36. The number of aryl methyl sites for hydroxylation is 2. The number of anilines is 1. The van der Waals surface area contributed by atoms with Gasteiger partial charge in [-0.3, -0.25) is 4.99 Å². The van der Waals surface area contributed by atoms with Crippen LogP contribution in [0.2, 0.25) is 0 Å². The molecule has 2 aromatic rings. The third kappa shape index (κ3) is 6.95. The number of nitrogens with one attached hydrogen (secondary N) is 4. The van der Waals surface area contributed by atoms with E-state index in [4.69, 9.17) is 0 Å². The number of hydrogen-bond donors (Lipinski definition) is 4. The van der Waals surface area contributed by atoms with E-state index in [1.807, 2.05) is 38.1 Å². The molecule has 0 aliphatic carbocycles. The first-order valence-electron chi connectivity index (χ1n) is 9.54. The zero-order chi connectivity index (χ0) is 20.5. The van der Waals surface area contributed by atoms with Crippen molar-refractivity contribution in [3.63, 3.8) is 0 Å². The average Bonchev–Trinajstić information content (AvgIpc) is 2.63. The summed E-state index contributed by atoms with van der Waals surface area (Å²) < 4.78 is 0. The van der Waals surface area contributed by atoms with Crippen LogP contribution >= 0.6 is 0 Å². The molecule has 4 N–H and O–H groups in total. The summed E-state index contributed by atoms with van der Waals surface area (Å²) in [7, 11) is 1.76. The molecule has 6 nitrogen and oxygen atoms in total. The summed E-state index contributed by atoms with van der Waals surface area (Å²) in [5.41, 5.74) is 5.66. The molecule has 0 atom stereocenters. The van der Waals surface area contributed by atoms with Gasteiger partial charge >= 0.3 is 6.03 Å². The van der Waals surface area contributed by atoms with Crippen molar-refractivity contribution in [3.05, 3.63) is 64.7 Å². The maximum Gasteiger partial charge on any atom is 0.319 e. The van der Waals surface area contributed by atoms with Gasteiger partial charge in [-0.25, -0.2) is 4.79 Å². The number of rotatable bonds is 6. The van der Waals surface area contributed by atoms with Crippen LogP contribution in [-0.4, -0.2) is 25.1 Å². The number of carbonyl (C=O) groups excluding carboxylic acids is 1. The molecule has 28 heavy (non-hydrogen) atoms. The largest absolute Gasteiger partial charge is 0.352 e. The molecule has 0 heterocycles. The van der Waals surface area contributed by atoms with Gasteiger partial charge in [-0.15, -0.1) is 0 Å². The SMILES string of the molecule is CN=C(NCc1ccc(NC(=O)NC(C)C)cc1)NCc1ccc(C)cc1C. The van der Waals surface area contributed by atoms with E-state index in [1.165, 1.54) is 16.7 Å². The quantitative estimate of drug-likeness (QED) is 0.455. The summed E-state index contributed by atoms with van der Waals surface area (Å²) in [5.74, 6) is 0.749. The maximum atomic E-state index is 11.7. The minimum Gasteiger partial charge on any atom is -0.352 e. The molecular formula is C22H31N5O. The molecule has 2 rings (SSSR count). The van der Waals surface area contributed by atoms with E-state index in [1.54, 1.807) is 7.05 Å². The van der Waals surface area contributed by atoms with Crippen LogP contribution in [0.4, 0.5) is 10.5 Å². The lowest BCUT2D eigenvalue weighted by Gasteiger charge is -2.14. The van der Waals surface area contributed by atoms with E-state index < -0.39 is 0 Å². The van der Waals surface area contributed by atoms with Gasteiger partial charge in [-0.2, -0.15) is 0 Å². The number of amides is 2. The summed E-state index contributed by atoms with van der Waals surface area (Å²) in [6.45, 7) is 9.44. The van der Waals surface area contributed by atoms with Crippen molar-refractivity contribution in [1.29, 1.82) is 0 Å². The van der Waals surface area contributed by atoms with E-state index in [2.05, 4.69) is 58.3 Å². The van der Waals surface area contributed by atoms with Crippen molar-refractivity contribution in [1.82, 2.24) is 16.0 Å². The van der Waals surface area contributed by atoms with Crippen molar-refractivity contribution >= 4 is 17.7 Å². The van der Waals surface area contributed by atoms with Gasteiger partial charge in [0.05, 0.1) is 0 Å². The topological polar surface area (TPSA) is 77.5 Å². The van der Waals surface area contributed by atoms with Gasteiger partial charge in [-0.1, -0.05) is 35.9 Å². The second-order valence-electron chi connectivity index (χ2n) is 7.16. The molecule has 0 aromatic heterocycles. The zero-order valence-electron chi connectivity index (χ0n) is 17.4. The number of urea groups is 1. The highest BCUT2D eigenvalue weighted by Crippen LogP contribution is 2.11. The first-order chi connectivity index (χ1) is 13.4. The molecular weight excluding hydrogens is 350 g/mol. The standard InChI is InChI=1S/C22H31N5O/c1-15(2)26-22(28)27-20-10-7-18(8-11-20)13-24-21(23-5)25-14-19-9-6-16(3)12-17(19)4/h6-12,15H,13-14H2,1-5H3,(H2,23,24,25)(H2,26,27,28). The predicted molar refractivity (Wildman–Crippen MR) is 117 cm³/mol. The second kappa shape index (κ2) is 10.3. The Hall–Kier alpha value is -3.02. The van der Waals surface area contributed by atoms with Crippen LogP contribution in [0.5, 0.6) is 0 Å². The smallest absolute Gasteiger partial charge is 0.319 e. The monoisotopic (exact) mass is 381 g/mol. The Labute approximate surface area is 167 Å². The number of nitrogens with zero attached hydrogens (tertiary/aromatic N) is 1. The number of aliphatic imine (C=N–C) groups is 1. The Kier molecular flexibility index (Phi) is 7.87. The normalized spacial score (nSPS) is 11.3. The highest BCUT2D eigenvalue weighted by molar-refractivity contribution is 5.89. The van der Waals surface area contributed by atoms with Crippen molar-refractivity contribution in [2.45, 2.75) is 46.8 Å². The lowest BCUT2D eigenvalue weighted by atomic mass is 10.1. The molecule has 2 aromatic carbocycles. The van der Waals surface area contributed by atoms with Gasteiger partial charge in [0.15, 0.2) is 5.96 Å². The summed E-state index contributed by atoms with van der Waals surface area (Å²) in [6, 6.07) is 14.1. The van der Waals surface area contributed by atoms with Crippen molar-refractivity contribution in [2.24, 2.45) is 4.99 Å². The van der Waals surface area contributed by atoms with Gasteiger partial charge in [0.25, 0.3) is 0 Å². The Morgan fingerprint density at radius 3 is 2.29 bits per heavy atom. The van der Waals surface area contributed by atoms with Crippen LogP contribution in [0.3, 0.4) is 0 Å². The fourth-order valence-corrected chi connectivity index (χ4v) is 2.76. The first-order valence-corrected chi connectivity index (χ1v) is 9.54. The van der Waals surface area contributed by atoms with Crippen LogP contribution in [0.1, 0.15) is 36.1 Å². The first kappa shape index (κ1) is 21.3.